The van der Waals surface area contributed by atoms with E-state index in [1.807, 2.05) is 13.0 Å². The highest BCUT2D eigenvalue weighted by Crippen LogP contribution is 2.31. The first-order valence-electron chi connectivity index (χ1n) is 8.99. The van der Waals surface area contributed by atoms with E-state index in [1.54, 1.807) is 35.4 Å². The van der Waals surface area contributed by atoms with Crippen LogP contribution in [0.5, 0.6) is 5.75 Å². The zero-order valence-corrected chi connectivity index (χ0v) is 15.2. The lowest BCUT2D eigenvalue weighted by molar-refractivity contribution is 0.356. The zero-order chi connectivity index (χ0) is 19.1. The van der Waals surface area contributed by atoms with Gasteiger partial charge in [-0.15, -0.1) is 10.2 Å². The molecule has 0 fully saturated rings. The lowest BCUT2D eigenvalue weighted by Crippen LogP contribution is -2.09. The van der Waals surface area contributed by atoms with Gasteiger partial charge in [0.25, 0.3) is 0 Å². The van der Waals surface area contributed by atoms with Gasteiger partial charge in [0.2, 0.25) is 5.95 Å². The molecule has 7 nitrogen and oxygen atoms in total. The van der Waals surface area contributed by atoms with Crippen molar-refractivity contribution < 1.29 is 9.13 Å². The van der Waals surface area contributed by atoms with Crippen LogP contribution >= 0.6 is 0 Å². The third-order valence-corrected chi connectivity index (χ3v) is 5.03. The van der Waals surface area contributed by atoms with Gasteiger partial charge >= 0.3 is 0 Å². The fourth-order valence-corrected chi connectivity index (χ4v) is 3.56. The van der Waals surface area contributed by atoms with E-state index in [-0.39, 0.29) is 5.82 Å². The summed E-state index contributed by atoms with van der Waals surface area (Å²) in [5, 5.41) is 11.5. The van der Waals surface area contributed by atoms with E-state index in [9.17, 15) is 4.39 Å². The van der Waals surface area contributed by atoms with Gasteiger partial charge in [0.05, 0.1) is 6.61 Å². The largest absolute Gasteiger partial charge is 0.493 e. The summed E-state index contributed by atoms with van der Waals surface area (Å²) < 4.78 is 21.7. The molecule has 0 spiro atoms. The summed E-state index contributed by atoms with van der Waals surface area (Å²) in [7, 11) is 0. The molecule has 0 radical (unpaired) electrons. The molecule has 1 aliphatic rings. The number of ether oxygens (including phenoxy) is 1. The molecule has 140 valence electrons. The summed E-state index contributed by atoms with van der Waals surface area (Å²) in [5.74, 6) is 1.04. The average Bonchev–Trinajstić information content (AvgIpc) is 3.37. The van der Waals surface area contributed by atoms with E-state index in [1.165, 1.54) is 6.07 Å². The molecule has 1 aliphatic heterocycles. The quantitative estimate of drug-likeness (QED) is 0.589. The van der Waals surface area contributed by atoms with Crippen LogP contribution in [0.25, 0.3) is 16.8 Å². The molecule has 0 amide bonds. The van der Waals surface area contributed by atoms with Crippen LogP contribution in [0.2, 0.25) is 0 Å². The zero-order valence-electron chi connectivity index (χ0n) is 15.2. The van der Waals surface area contributed by atoms with E-state index >= 15 is 0 Å². The van der Waals surface area contributed by atoms with E-state index in [0.717, 1.165) is 28.0 Å². The first-order valence-corrected chi connectivity index (χ1v) is 8.99. The Morgan fingerprint density at radius 3 is 3.04 bits per heavy atom. The SMILES string of the molecule is Cc1ccncc1-c1cnc(NCc2c(F)ccc3c2CCO3)n2cnnc12. The maximum Gasteiger partial charge on any atom is 0.210 e. The molecule has 1 N–H and O–H groups in total. The molecule has 28 heavy (non-hydrogen) atoms. The van der Waals surface area contributed by atoms with Gasteiger partial charge in [-0.3, -0.25) is 9.38 Å². The normalized spacial score (nSPS) is 12.8. The number of aromatic nitrogens is 5. The summed E-state index contributed by atoms with van der Waals surface area (Å²) in [5.41, 5.74) is 5.04. The maximum absolute atomic E-state index is 14.4. The molecule has 0 saturated carbocycles. The van der Waals surface area contributed by atoms with Gasteiger partial charge in [0.1, 0.15) is 17.9 Å². The first kappa shape index (κ1) is 16.6. The second-order valence-electron chi connectivity index (χ2n) is 6.67. The minimum atomic E-state index is -0.251. The topological polar surface area (TPSA) is 77.2 Å². The Balaban J connectivity index is 1.51. The minimum Gasteiger partial charge on any atom is -0.493 e. The highest BCUT2D eigenvalue weighted by Gasteiger charge is 2.20. The number of aryl methyl sites for hydroxylation is 1. The van der Waals surface area contributed by atoms with Crippen molar-refractivity contribution in [3.63, 3.8) is 0 Å². The van der Waals surface area contributed by atoms with Gasteiger partial charge in [0.15, 0.2) is 5.65 Å². The fourth-order valence-electron chi connectivity index (χ4n) is 3.56. The van der Waals surface area contributed by atoms with Gasteiger partial charge in [-0.1, -0.05) is 0 Å². The third-order valence-electron chi connectivity index (χ3n) is 5.03. The second-order valence-corrected chi connectivity index (χ2v) is 6.67. The number of rotatable bonds is 4. The highest BCUT2D eigenvalue weighted by atomic mass is 19.1. The first-order chi connectivity index (χ1) is 13.7. The molecule has 0 bridgehead atoms. The van der Waals surface area contributed by atoms with Crippen molar-refractivity contribution in [1.82, 2.24) is 24.6 Å². The highest BCUT2D eigenvalue weighted by molar-refractivity contribution is 5.79. The predicted molar refractivity (Wildman–Crippen MR) is 102 cm³/mol. The Kier molecular flexibility index (Phi) is 3.89. The fraction of sp³-hybridized carbons (Fsp3) is 0.200. The molecule has 0 saturated heterocycles. The number of fused-ring (bicyclic) bond motifs is 2. The molecule has 0 unspecified atom stereocenters. The van der Waals surface area contributed by atoms with Crippen LogP contribution in [0.1, 0.15) is 16.7 Å². The van der Waals surface area contributed by atoms with Crippen LogP contribution in [-0.4, -0.2) is 31.2 Å². The van der Waals surface area contributed by atoms with Crippen molar-refractivity contribution in [3.8, 4) is 16.9 Å². The number of anilines is 1. The number of nitrogens with zero attached hydrogens (tertiary/aromatic N) is 5. The summed E-state index contributed by atoms with van der Waals surface area (Å²) in [6, 6.07) is 5.06. The summed E-state index contributed by atoms with van der Waals surface area (Å²) in [6.45, 7) is 2.89. The summed E-state index contributed by atoms with van der Waals surface area (Å²) in [4.78, 5) is 8.73. The number of benzene rings is 1. The van der Waals surface area contributed by atoms with E-state index in [0.29, 0.717) is 36.7 Å². The Hall–Kier alpha value is -3.55. The number of hydrogen-bond donors (Lipinski definition) is 1. The lowest BCUT2D eigenvalue weighted by Gasteiger charge is -2.13. The standard InChI is InChI=1S/C20H17FN6O/c1-12-4-6-22-8-14(12)16-10-24-20(27-11-25-26-19(16)27)23-9-15-13-5-7-28-18(13)3-2-17(15)21/h2-4,6,8,10-11H,5,7,9H2,1H3,(H,23,24). The van der Waals surface area contributed by atoms with E-state index in [2.05, 4.69) is 25.5 Å². The van der Waals surface area contributed by atoms with Crippen molar-refractivity contribution in [1.29, 1.82) is 0 Å². The summed E-state index contributed by atoms with van der Waals surface area (Å²) >= 11 is 0. The molecule has 1 aromatic carbocycles. The molecule has 0 aliphatic carbocycles. The van der Waals surface area contributed by atoms with Crippen molar-refractivity contribution in [2.75, 3.05) is 11.9 Å². The monoisotopic (exact) mass is 376 g/mol. The summed E-state index contributed by atoms with van der Waals surface area (Å²) in [6.07, 6.45) is 7.58. The van der Waals surface area contributed by atoms with Gasteiger partial charge in [-0.25, -0.2) is 9.37 Å². The Labute approximate surface area is 160 Å². The molecule has 3 aromatic heterocycles. The van der Waals surface area contributed by atoms with Crippen LogP contribution in [-0.2, 0) is 13.0 Å². The second kappa shape index (κ2) is 6.56. The Bertz CT molecular complexity index is 1190. The van der Waals surface area contributed by atoms with Gasteiger partial charge in [0, 0.05) is 53.8 Å². The van der Waals surface area contributed by atoms with Crippen LogP contribution in [0.4, 0.5) is 10.3 Å². The van der Waals surface area contributed by atoms with Crippen molar-refractivity contribution in [2.45, 2.75) is 19.9 Å². The maximum atomic E-state index is 14.4. The van der Waals surface area contributed by atoms with Crippen LogP contribution < -0.4 is 10.1 Å². The Morgan fingerprint density at radius 1 is 1.21 bits per heavy atom. The minimum absolute atomic E-state index is 0.251. The lowest BCUT2D eigenvalue weighted by atomic mass is 10.0. The van der Waals surface area contributed by atoms with Crippen LogP contribution in [0, 0.1) is 12.7 Å². The third kappa shape index (κ3) is 2.65. The number of nitrogens with one attached hydrogen (secondary N) is 1. The van der Waals surface area contributed by atoms with Gasteiger partial charge in [-0.2, -0.15) is 0 Å². The van der Waals surface area contributed by atoms with Gasteiger partial charge in [-0.05, 0) is 30.7 Å². The molecular weight excluding hydrogens is 359 g/mol. The van der Waals surface area contributed by atoms with Crippen molar-refractivity contribution >= 4 is 11.6 Å². The van der Waals surface area contributed by atoms with Crippen molar-refractivity contribution in [3.05, 3.63) is 65.6 Å². The molecule has 4 heterocycles. The number of halogens is 1. The molecule has 4 aromatic rings. The van der Waals surface area contributed by atoms with Crippen LogP contribution in [0.3, 0.4) is 0 Å². The molecule has 5 rings (SSSR count). The molecule has 8 heteroatoms. The Morgan fingerprint density at radius 2 is 2.14 bits per heavy atom. The average molecular weight is 376 g/mol. The van der Waals surface area contributed by atoms with Crippen LogP contribution in [0.15, 0.2) is 43.1 Å². The molecule has 0 atom stereocenters. The predicted octanol–water partition coefficient (Wildman–Crippen LogP) is 3.18. The number of hydrogen-bond acceptors (Lipinski definition) is 6. The van der Waals surface area contributed by atoms with Crippen molar-refractivity contribution in [2.24, 2.45) is 0 Å². The van der Waals surface area contributed by atoms with E-state index in [4.69, 9.17) is 4.74 Å². The van der Waals surface area contributed by atoms with Gasteiger partial charge < -0.3 is 10.1 Å². The molecular formula is C20H17FN6O. The van der Waals surface area contributed by atoms with E-state index < -0.39 is 0 Å². The number of pyridine rings is 1. The smallest absolute Gasteiger partial charge is 0.210 e.